The van der Waals surface area contributed by atoms with Crippen LogP contribution in [-0.4, -0.2) is 23.0 Å². The Labute approximate surface area is 115 Å². The SMILES string of the molecule is Cc1ccc(C(=O)NC(C)C(C)C(=O)O)cc1Br. The van der Waals surface area contributed by atoms with Crippen LogP contribution in [-0.2, 0) is 4.79 Å². The van der Waals surface area contributed by atoms with E-state index in [1.165, 1.54) is 0 Å². The van der Waals surface area contributed by atoms with Crippen LogP contribution in [0.5, 0.6) is 0 Å². The summed E-state index contributed by atoms with van der Waals surface area (Å²) in [4.78, 5) is 22.7. The van der Waals surface area contributed by atoms with Gasteiger partial charge in [0, 0.05) is 16.1 Å². The molecule has 0 radical (unpaired) electrons. The number of hydrogen-bond donors (Lipinski definition) is 2. The molecule has 1 rings (SSSR count). The van der Waals surface area contributed by atoms with Gasteiger partial charge in [-0.2, -0.15) is 0 Å². The molecule has 0 spiro atoms. The number of carbonyl (C=O) groups is 2. The minimum Gasteiger partial charge on any atom is -0.481 e. The van der Waals surface area contributed by atoms with E-state index >= 15 is 0 Å². The minimum atomic E-state index is -0.923. The lowest BCUT2D eigenvalue weighted by molar-refractivity contribution is -0.141. The quantitative estimate of drug-likeness (QED) is 0.898. The fraction of sp³-hybridized carbons (Fsp3) is 0.385. The molecule has 4 nitrogen and oxygen atoms in total. The Morgan fingerprint density at radius 1 is 1.33 bits per heavy atom. The van der Waals surface area contributed by atoms with E-state index in [0.717, 1.165) is 10.0 Å². The van der Waals surface area contributed by atoms with Crippen molar-refractivity contribution in [3.8, 4) is 0 Å². The molecule has 1 amide bonds. The second-order valence-electron chi connectivity index (χ2n) is 4.35. The van der Waals surface area contributed by atoms with Crippen molar-refractivity contribution < 1.29 is 14.7 Å². The van der Waals surface area contributed by atoms with Gasteiger partial charge in [-0.25, -0.2) is 0 Å². The van der Waals surface area contributed by atoms with Gasteiger partial charge in [-0.15, -0.1) is 0 Å². The third-order valence-electron chi connectivity index (χ3n) is 2.93. The molecule has 0 heterocycles. The van der Waals surface area contributed by atoms with E-state index in [4.69, 9.17) is 5.11 Å². The first-order valence-electron chi connectivity index (χ1n) is 5.62. The number of aryl methyl sites for hydroxylation is 1. The number of carboxylic acid groups (broad SMARTS) is 1. The number of halogens is 1. The average molecular weight is 314 g/mol. The van der Waals surface area contributed by atoms with Crippen LogP contribution in [0.2, 0.25) is 0 Å². The van der Waals surface area contributed by atoms with Gasteiger partial charge in [-0.05, 0) is 38.5 Å². The Bertz CT molecular complexity index is 473. The van der Waals surface area contributed by atoms with E-state index in [2.05, 4.69) is 21.2 Å². The summed E-state index contributed by atoms with van der Waals surface area (Å²) < 4.78 is 0.856. The van der Waals surface area contributed by atoms with Crippen molar-refractivity contribution in [3.05, 3.63) is 33.8 Å². The number of hydrogen-bond acceptors (Lipinski definition) is 2. The Hall–Kier alpha value is -1.36. The molecule has 2 atom stereocenters. The number of nitrogens with one attached hydrogen (secondary N) is 1. The van der Waals surface area contributed by atoms with Gasteiger partial charge in [0.1, 0.15) is 0 Å². The van der Waals surface area contributed by atoms with E-state index in [1.807, 2.05) is 13.0 Å². The average Bonchev–Trinajstić information content (AvgIpc) is 2.31. The summed E-state index contributed by atoms with van der Waals surface area (Å²) in [5, 5.41) is 11.5. The van der Waals surface area contributed by atoms with Crippen LogP contribution in [0.3, 0.4) is 0 Å². The molecule has 0 aliphatic rings. The van der Waals surface area contributed by atoms with Crippen LogP contribution in [0.1, 0.15) is 29.8 Å². The van der Waals surface area contributed by atoms with Crippen LogP contribution in [0.4, 0.5) is 0 Å². The first-order valence-corrected chi connectivity index (χ1v) is 6.42. The normalized spacial score (nSPS) is 13.8. The highest BCUT2D eigenvalue weighted by molar-refractivity contribution is 9.10. The van der Waals surface area contributed by atoms with Crippen molar-refractivity contribution in [1.29, 1.82) is 0 Å². The molecule has 0 aliphatic carbocycles. The van der Waals surface area contributed by atoms with Crippen LogP contribution >= 0.6 is 15.9 Å². The van der Waals surface area contributed by atoms with E-state index in [0.29, 0.717) is 5.56 Å². The van der Waals surface area contributed by atoms with Gasteiger partial charge in [-0.3, -0.25) is 9.59 Å². The van der Waals surface area contributed by atoms with Gasteiger partial charge >= 0.3 is 5.97 Å². The predicted octanol–water partition coefficient (Wildman–Crippen LogP) is 2.60. The van der Waals surface area contributed by atoms with Crippen LogP contribution in [0, 0.1) is 12.8 Å². The topological polar surface area (TPSA) is 66.4 Å². The lowest BCUT2D eigenvalue weighted by atomic mass is 10.0. The van der Waals surface area contributed by atoms with Gasteiger partial charge in [0.05, 0.1) is 5.92 Å². The van der Waals surface area contributed by atoms with Crippen molar-refractivity contribution in [2.24, 2.45) is 5.92 Å². The van der Waals surface area contributed by atoms with Crippen molar-refractivity contribution in [1.82, 2.24) is 5.32 Å². The highest BCUT2D eigenvalue weighted by Gasteiger charge is 2.21. The van der Waals surface area contributed by atoms with E-state index in [1.54, 1.807) is 26.0 Å². The number of rotatable bonds is 4. The fourth-order valence-electron chi connectivity index (χ4n) is 1.36. The molecule has 0 saturated carbocycles. The molecule has 2 N–H and O–H groups in total. The van der Waals surface area contributed by atoms with Gasteiger partial charge in [-0.1, -0.05) is 22.0 Å². The maximum absolute atomic E-state index is 11.9. The fourth-order valence-corrected chi connectivity index (χ4v) is 1.74. The summed E-state index contributed by atoms with van der Waals surface area (Å²) in [5.74, 6) is -1.81. The lowest BCUT2D eigenvalue weighted by Gasteiger charge is -2.17. The third-order valence-corrected chi connectivity index (χ3v) is 3.79. The Balaban J connectivity index is 2.76. The largest absolute Gasteiger partial charge is 0.481 e. The van der Waals surface area contributed by atoms with Crippen molar-refractivity contribution in [2.45, 2.75) is 26.8 Å². The summed E-state index contributed by atoms with van der Waals surface area (Å²) in [6.07, 6.45) is 0. The molecule has 1 aromatic carbocycles. The van der Waals surface area contributed by atoms with Gasteiger partial charge in [0.15, 0.2) is 0 Å². The molecular weight excluding hydrogens is 298 g/mol. The van der Waals surface area contributed by atoms with E-state index < -0.39 is 17.9 Å². The molecule has 98 valence electrons. The van der Waals surface area contributed by atoms with E-state index in [9.17, 15) is 9.59 Å². The summed E-state index contributed by atoms with van der Waals surface area (Å²) in [6, 6.07) is 4.86. The Kier molecular flexibility index (Phi) is 4.90. The standard InChI is InChI=1S/C13H16BrNO3/c1-7-4-5-10(6-11(7)14)12(16)15-9(3)8(2)13(17)18/h4-6,8-9H,1-3H3,(H,15,16)(H,17,18). The van der Waals surface area contributed by atoms with Crippen LogP contribution < -0.4 is 5.32 Å². The summed E-state index contributed by atoms with van der Waals surface area (Å²) >= 11 is 3.36. The molecular formula is C13H16BrNO3. The second-order valence-corrected chi connectivity index (χ2v) is 5.21. The van der Waals surface area contributed by atoms with Crippen molar-refractivity contribution >= 4 is 27.8 Å². The van der Waals surface area contributed by atoms with Crippen molar-refractivity contribution in [3.63, 3.8) is 0 Å². The molecule has 0 aromatic heterocycles. The van der Waals surface area contributed by atoms with Crippen molar-refractivity contribution in [2.75, 3.05) is 0 Å². The first kappa shape index (κ1) is 14.7. The van der Waals surface area contributed by atoms with E-state index in [-0.39, 0.29) is 5.91 Å². The minimum absolute atomic E-state index is 0.267. The van der Waals surface area contributed by atoms with Gasteiger partial charge in [0.25, 0.3) is 5.91 Å². The lowest BCUT2D eigenvalue weighted by Crippen LogP contribution is -2.40. The first-order chi connectivity index (χ1) is 8.32. The molecule has 5 heteroatoms. The Morgan fingerprint density at radius 3 is 2.44 bits per heavy atom. The third kappa shape index (κ3) is 3.57. The summed E-state index contributed by atoms with van der Waals surface area (Å²) in [7, 11) is 0. The predicted molar refractivity (Wildman–Crippen MR) is 72.6 cm³/mol. The zero-order valence-electron chi connectivity index (χ0n) is 10.5. The number of carboxylic acids is 1. The summed E-state index contributed by atoms with van der Waals surface area (Å²) in [6.45, 7) is 5.18. The Morgan fingerprint density at radius 2 is 1.94 bits per heavy atom. The number of benzene rings is 1. The molecule has 2 unspecified atom stereocenters. The molecule has 1 aromatic rings. The second kappa shape index (κ2) is 6.00. The maximum atomic E-state index is 11.9. The number of carbonyl (C=O) groups excluding carboxylic acids is 1. The summed E-state index contributed by atoms with van der Waals surface area (Å²) in [5.41, 5.74) is 1.55. The molecule has 0 fully saturated rings. The molecule has 0 saturated heterocycles. The van der Waals surface area contributed by atoms with Crippen LogP contribution in [0.15, 0.2) is 22.7 Å². The zero-order chi connectivity index (χ0) is 13.9. The van der Waals surface area contributed by atoms with Crippen LogP contribution in [0.25, 0.3) is 0 Å². The molecule has 0 bridgehead atoms. The van der Waals surface area contributed by atoms with Gasteiger partial charge in [0.2, 0.25) is 0 Å². The number of amides is 1. The monoisotopic (exact) mass is 313 g/mol. The van der Waals surface area contributed by atoms with Gasteiger partial charge < -0.3 is 10.4 Å². The zero-order valence-corrected chi connectivity index (χ0v) is 12.1. The number of aliphatic carboxylic acids is 1. The highest BCUT2D eigenvalue weighted by atomic mass is 79.9. The highest BCUT2D eigenvalue weighted by Crippen LogP contribution is 2.17. The molecule has 0 aliphatic heterocycles. The smallest absolute Gasteiger partial charge is 0.308 e. The molecule has 18 heavy (non-hydrogen) atoms. The maximum Gasteiger partial charge on any atom is 0.308 e.